The molecule has 0 saturated heterocycles. The van der Waals surface area contributed by atoms with Crippen LogP contribution in [0.5, 0.6) is 5.75 Å². The van der Waals surface area contributed by atoms with Gasteiger partial charge in [-0.2, -0.15) is 0 Å². The first kappa shape index (κ1) is 14.7. The van der Waals surface area contributed by atoms with Gasteiger partial charge in [0.25, 0.3) is 0 Å². The molecule has 1 aromatic rings. The van der Waals surface area contributed by atoms with Gasteiger partial charge in [-0.05, 0) is 54.9 Å². The topological polar surface area (TPSA) is 52.6 Å². The number of ketones is 1. The second kappa shape index (κ2) is 6.54. The first-order valence-electron chi connectivity index (χ1n) is 5.59. The minimum absolute atomic E-state index is 0.0802. The van der Waals surface area contributed by atoms with Crippen LogP contribution in [0.4, 0.5) is 0 Å². The fraction of sp³-hybridized carbons (Fsp3) is 0.385. The number of hydrogen-bond acceptors (Lipinski definition) is 4. The van der Waals surface area contributed by atoms with E-state index in [1.807, 2.05) is 0 Å². The molecule has 0 aromatic heterocycles. The number of halogens is 1. The summed E-state index contributed by atoms with van der Waals surface area (Å²) in [6, 6.07) is 4.88. The number of ether oxygens (including phenoxy) is 2. The molecule has 0 spiro atoms. The zero-order valence-electron chi connectivity index (χ0n) is 10.5. The third kappa shape index (κ3) is 3.84. The molecule has 5 heteroatoms. The molecule has 0 bridgehead atoms. The highest BCUT2D eigenvalue weighted by Gasteiger charge is 2.14. The van der Waals surface area contributed by atoms with Crippen molar-refractivity contribution in [2.24, 2.45) is 0 Å². The molecule has 0 heterocycles. The zero-order chi connectivity index (χ0) is 13.7. The Morgan fingerprint density at radius 2 is 2.06 bits per heavy atom. The van der Waals surface area contributed by atoms with E-state index in [1.54, 1.807) is 32.0 Å². The average molecular weight is 315 g/mol. The zero-order valence-corrected chi connectivity index (χ0v) is 12.1. The molecular formula is C13H15BrO4. The summed E-state index contributed by atoms with van der Waals surface area (Å²) in [5.41, 5.74) is 0.394. The van der Waals surface area contributed by atoms with Crippen LogP contribution in [-0.4, -0.2) is 24.5 Å². The van der Waals surface area contributed by atoms with Gasteiger partial charge in [0.15, 0.2) is 11.9 Å². The Balaban J connectivity index is 2.94. The summed E-state index contributed by atoms with van der Waals surface area (Å²) in [7, 11) is 0. The van der Waals surface area contributed by atoms with Crippen LogP contribution in [0.25, 0.3) is 0 Å². The molecule has 98 valence electrons. The quantitative estimate of drug-likeness (QED) is 0.784. The van der Waals surface area contributed by atoms with Gasteiger partial charge < -0.3 is 9.47 Å². The standard InChI is InChI=1S/C13H15BrO4/c1-4-17-13(16)10-5-6-11(14)12(7-10)18-9(3)8(2)15/h5-7,9H,4H2,1-3H3. The van der Waals surface area contributed by atoms with Crippen LogP contribution < -0.4 is 4.74 Å². The van der Waals surface area contributed by atoms with Gasteiger partial charge in [0.05, 0.1) is 16.6 Å². The molecule has 1 atom stereocenters. The van der Waals surface area contributed by atoms with E-state index in [4.69, 9.17) is 9.47 Å². The number of esters is 1. The van der Waals surface area contributed by atoms with Gasteiger partial charge in [-0.3, -0.25) is 4.79 Å². The monoisotopic (exact) mass is 314 g/mol. The summed E-state index contributed by atoms with van der Waals surface area (Å²) < 4.78 is 11.1. The first-order chi connectivity index (χ1) is 8.45. The number of rotatable bonds is 5. The van der Waals surface area contributed by atoms with Gasteiger partial charge in [0.1, 0.15) is 5.75 Å². The first-order valence-corrected chi connectivity index (χ1v) is 6.38. The van der Waals surface area contributed by atoms with Gasteiger partial charge in [-0.15, -0.1) is 0 Å². The maximum absolute atomic E-state index is 11.6. The normalized spacial score (nSPS) is 11.8. The highest BCUT2D eigenvalue weighted by Crippen LogP contribution is 2.27. The van der Waals surface area contributed by atoms with Crippen molar-refractivity contribution in [1.82, 2.24) is 0 Å². The van der Waals surface area contributed by atoms with Crippen LogP contribution in [0.3, 0.4) is 0 Å². The number of carbonyl (C=O) groups is 2. The van der Waals surface area contributed by atoms with Crippen LogP contribution in [0, 0.1) is 0 Å². The minimum Gasteiger partial charge on any atom is -0.482 e. The highest BCUT2D eigenvalue weighted by molar-refractivity contribution is 9.10. The van der Waals surface area contributed by atoms with E-state index >= 15 is 0 Å². The Bertz CT molecular complexity index is 456. The van der Waals surface area contributed by atoms with Gasteiger partial charge in [0, 0.05) is 0 Å². The molecule has 0 N–H and O–H groups in total. The second-order valence-corrected chi connectivity index (χ2v) is 4.59. The predicted octanol–water partition coefficient (Wildman–Crippen LogP) is 2.98. The molecule has 0 fully saturated rings. The van der Waals surface area contributed by atoms with Gasteiger partial charge in [0.2, 0.25) is 0 Å². The van der Waals surface area contributed by atoms with Gasteiger partial charge >= 0.3 is 5.97 Å². The summed E-state index contributed by atoms with van der Waals surface area (Å²) in [6.07, 6.45) is -0.557. The van der Waals surface area contributed by atoms with E-state index in [0.29, 0.717) is 22.4 Å². The molecule has 1 rings (SSSR count). The van der Waals surface area contributed by atoms with E-state index < -0.39 is 12.1 Å². The summed E-state index contributed by atoms with van der Waals surface area (Å²) >= 11 is 3.31. The Kier molecular flexibility index (Phi) is 5.34. The van der Waals surface area contributed by atoms with Crippen molar-refractivity contribution in [2.45, 2.75) is 26.9 Å². The Morgan fingerprint density at radius 3 is 2.61 bits per heavy atom. The molecule has 0 amide bonds. The van der Waals surface area contributed by atoms with Gasteiger partial charge in [-0.1, -0.05) is 0 Å². The summed E-state index contributed by atoms with van der Waals surface area (Å²) in [5.74, 6) is -0.0444. The average Bonchev–Trinajstić information content (AvgIpc) is 2.31. The SMILES string of the molecule is CCOC(=O)c1ccc(Br)c(OC(C)C(C)=O)c1. The van der Waals surface area contributed by atoms with Crippen LogP contribution in [-0.2, 0) is 9.53 Å². The van der Waals surface area contributed by atoms with E-state index in [0.717, 1.165) is 0 Å². The van der Waals surface area contributed by atoms with Crippen molar-refractivity contribution in [1.29, 1.82) is 0 Å². The van der Waals surface area contributed by atoms with Crippen molar-refractivity contribution in [3.05, 3.63) is 28.2 Å². The third-order valence-electron chi connectivity index (χ3n) is 2.32. The van der Waals surface area contributed by atoms with E-state index in [2.05, 4.69) is 15.9 Å². The fourth-order valence-electron chi connectivity index (χ4n) is 1.21. The molecule has 0 aliphatic heterocycles. The van der Waals surface area contributed by atoms with Crippen molar-refractivity contribution < 1.29 is 19.1 Å². The predicted molar refractivity (Wildman–Crippen MR) is 70.9 cm³/mol. The van der Waals surface area contributed by atoms with Crippen molar-refractivity contribution in [2.75, 3.05) is 6.61 Å². The number of hydrogen-bond donors (Lipinski definition) is 0. The molecular weight excluding hydrogens is 300 g/mol. The number of carbonyl (C=O) groups excluding carboxylic acids is 2. The molecule has 1 aromatic carbocycles. The van der Waals surface area contributed by atoms with Crippen LogP contribution in [0.2, 0.25) is 0 Å². The number of Topliss-reactive ketones (excluding diaryl/α,β-unsaturated/α-hetero) is 1. The van der Waals surface area contributed by atoms with Crippen LogP contribution >= 0.6 is 15.9 Å². The van der Waals surface area contributed by atoms with Gasteiger partial charge in [-0.25, -0.2) is 4.79 Å². The molecule has 1 unspecified atom stereocenters. The minimum atomic E-state index is -0.557. The Morgan fingerprint density at radius 1 is 1.39 bits per heavy atom. The third-order valence-corrected chi connectivity index (χ3v) is 2.97. The lowest BCUT2D eigenvalue weighted by atomic mass is 10.2. The lowest BCUT2D eigenvalue weighted by Gasteiger charge is -2.14. The summed E-state index contributed by atoms with van der Waals surface area (Å²) in [5, 5.41) is 0. The fourth-order valence-corrected chi connectivity index (χ4v) is 1.55. The molecule has 0 aliphatic carbocycles. The number of benzene rings is 1. The maximum atomic E-state index is 11.6. The molecule has 0 saturated carbocycles. The molecule has 18 heavy (non-hydrogen) atoms. The van der Waals surface area contributed by atoms with Crippen LogP contribution in [0.1, 0.15) is 31.1 Å². The lowest BCUT2D eigenvalue weighted by Crippen LogP contribution is -2.21. The van der Waals surface area contributed by atoms with Crippen LogP contribution in [0.15, 0.2) is 22.7 Å². The summed E-state index contributed by atoms with van der Waals surface area (Å²) in [6.45, 7) is 5.17. The van der Waals surface area contributed by atoms with Crippen molar-refractivity contribution >= 4 is 27.7 Å². The molecule has 4 nitrogen and oxygen atoms in total. The summed E-state index contributed by atoms with van der Waals surface area (Å²) in [4.78, 5) is 22.7. The largest absolute Gasteiger partial charge is 0.482 e. The molecule has 0 aliphatic rings. The Labute approximate surface area is 114 Å². The second-order valence-electron chi connectivity index (χ2n) is 3.74. The van der Waals surface area contributed by atoms with Crippen molar-refractivity contribution in [3.63, 3.8) is 0 Å². The maximum Gasteiger partial charge on any atom is 0.338 e. The van der Waals surface area contributed by atoms with E-state index in [-0.39, 0.29) is 5.78 Å². The smallest absolute Gasteiger partial charge is 0.338 e. The van der Waals surface area contributed by atoms with Crippen molar-refractivity contribution in [3.8, 4) is 5.75 Å². The van der Waals surface area contributed by atoms with E-state index in [9.17, 15) is 9.59 Å². The Hall–Kier alpha value is -1.36. The van der Waals surface area contributed by atoms with E-state index in [1.165, 1.54) is 6.92 Å². The lowest BCUT2D eigenvalue weighted by molar-refractivity contribution is -0.122. The highest BCUT2D eigenvalue weighted by atomic mass is 79.9. The molecule has 0 radical (unpaired) electrons.